The number of hydrogen-bond acceptors (Lipinski definition) is 3. The number of halogens is 1. The Balaban J connectivity index is 2.03. The maximum atomic E-state index is 13.9. The molecule has 0 fully saturated rings. The first-order valence-electron chi connectivity index (χ1n) is 7.90. The van der Waals surface area contributed by atoms with Crippen LogP contribution in [0.25, 0.3) is 0 Å². The van der Waals surface area contributed by atoms with Gasteiger partial charge in [-0.1, -0.05) is 30.3 Å². The van der Waals surface area contributed by atoms with E-state index in [0.29, 0.717) is 30.7 Å². The number of hydrogen-bond donors (Lipinski definition) is 2. The highest BCUT2D eigenvalue weighted by atomic mass is 19.1. The van der Waals surface area contributed by atoms with Crippen LogP contribution in [0.3, 0.4) is 0 Å². The van der Waals surface area contributed by atoms with Crippen molar-refractivity contribution < 1.29 is 19.0 Å². The lowest BCUT2D eigenvalue weighted by Gasteiger charge is -2.19. The average Bonchev–Trinajstić information content (AvgIpc) is 2.59. The maximum absolute atomic E-state index is 13.9. The van der Waals surface area contributed by atoms with Crippen LogP contribution in [0.2, 0.25) is 0 Å². The lowest BCUT2D eigenvalue weighted by atomic mass is 10.0. The standard InChI is InChI=1S/C19H22FNO3/c1-24-17-8-9-18(20)15(12-17)13-21-16(7-10-19(22)23)11-14-5-3-2-4-6-14/h2-6,8-9,12,16,21H,7,10-11,13H2,1H3,(H,22,23). The summed E-state index contributed by atoms with van der Waals surface area (Å²) in [4.78, 5) is 10.9. The Hall–Kier alpha value is -2.40. The van der Waals surface area contributed by atoms with E-state index < -0.39 is 5.97 Å². The molecule has 0 aliphatic heterocycles. The molecule has 0 amide bonds. The molecule has 2 rings (SSSR count). The molecule has 0 bridgehead atoms. The van der Waals surface area contributed by atoms with Crippen molar-refractivity contribution in [1.82, 2.24) is 5.32 Å². The van der Waals surface area contributed by atoms with Crippen LogP contribution in [-0.4, -0.2) is 24.2 Å². The zero-order valence-corrected chi connectivity index (χ0v) is 13.7. The van der Waals surface area contributed by atoms with Gasteiger partial charge in [0.25, 0.3) is 0 Å². The first-order chi connectivity index (χ1) is 11.6. The molecular weight excluding hydrogens is 309 g/mol. The number of rotatable bonds is 9. The zero-order chi connectivity index (χ0) is 17.4. The van der Waals surface area contributed by atoms with Crippen LogP contribution in [0.4, 0.5) is 4.39 Å². The SMILES string of the molecule is COc1ccc(F)c(CNC(CCC(=O)O)Cc2ccccc2)c1. The topological polar surface area (TPSA) is 58.6 Å². The molecule has 2 aromatic carbocycles. The molecule has 24 heavy (non-hydrogen) atoms. The second kappa shape index (κ2) is 9.03. The van der Waals surface area contributed by atoms with Crippen LogP contribution < -0.4 is 10.1 Å². The highest BCUT2D eigenvalue weighted by molar-refractivity contribution is 5.66. The quantitative estimate of drug-likeness (QED) is 0.739. The summed E-state index contributed by atoms with van der Waals surface area (Å²) in [5, 5.41) is 12.2. The third-order valence-corrected chi connectivity index (χ3v) is 3.87. The minimum atomic E-state index is -0.831. The Morgan fingerprint density at radius 3 is 2.67 bits per heavy atom. The Kier molecular flexibility index (Phi) is 6.75. The normalized spacial score (nSPS) is 11.9. The van der Waals surface area contributed by atoms with Crippen molar-refractivity contribution in [3.63, 3.8) is 0 Å². The Labute approximate surface area is 141 Å². The van der Waals surface area contributed by atoms with Crippen LogP contribution in [0.5, 0.6) is 5.75 Å². The zero-order valence-electron chi connectivity index (χ0n) is 13.7. The smallest absolute Gasteiger partial charge is 0.303 e. The summed E-state index contributed by atoms with van der Waals surface area (Å²) in [6.45, 7) is 0.320. The third kappa shape index (κ3) is 5.66. The van der Waals surface area contributed by atoms with E-state index in [2.05, 4.69) is 5.32 Å². The summed E-state index contributed by atoms with van der Waals surface area (Å²) in [5.41, 5.74) is 1.62. The fraction of sp³-hybridized carbons (Fsp3) is 0.316. The summed E-state index contributed by atoms with van der Waals surface area (Å²) >= 11 is 0. The lowest BCUT2D eigenvalue weighted by Crippen LogP contribution is -2.31. The van der Waals surface area contributed by atoms with Gasteiger partial charge in [0.05, 0.1) is 7.11 Å². The molecule has 1 unspecified atom stereocenters. The maximum Gasteiger partial charge on any atom is 0.303 e. The second-order valence-electron chi connectivity index (χ2n) is 5.66. The number of carboxylic acid groups (broad SMARTS) is 1. The van der Waals surface area contributed by atoms with Crippen molar-refractivity contribution in [3.8, 4) is 5.75 Å². The van der Waals surface area contributed by atoms with E-state index in [9.17, 15) is 9.18 Å². The first kappa shape index (κ1) is 17.9. The molecule has 128 valence electrons. The molecule has 2 N–H and O–H groups in total. The summed E-state index contributed by atoms with van der Waals surface area (Å²) in [7, 11) is 1.54. The van der Waals surface area contributed by atoms with Crippen molar-refractivity contribution in [3.05, 3.63) is 65.5 Å². The summed E-state index contributed by atoms with van der Waals surface area (Å²) < 4.78 is 19.0. The van der Waals surface area contributed by atoms with E-state index in [1.54, 1.807) is 12.1 Å². The van der Waals surface area contributed by atoms with Crippen molar-refractivity contribution in [2.45, 2.75) is 31.8 Å². The molecular formula is C19H22FNO3. The van der Waals surface area contributed by atoms with Gasteiger partial charge in [-0.2, -0.15) is 0 Å². The molecule has 5 heteroatoms. The molecule has 0 aliphatic rings. The van der Waals surface area contributed by atoms with Gasteiger partial charge in [0.1, 0.15) is 11.6 Å². The minimum absolute atomic E-state index is 0.0471. The van der Waals surface area contributed by atoms with Crippen LogP contribution in [0, 0.1) is 5.82 Å². The largest absolute Gasteiger partial charge is 0.497 e. The third-order valence-electron chi connectivity index (χ3n) is 3.87. The van der Waals surface area contributed by atoms with Gasteiger partial charge in [0.2, 0.25) is 0 Å². The van der Waals surface area contributed by atoms with Crippen LogP contribution in [0.15, 0.2) is 48.5 Å². The molecule has 0 saturated heterocycles. The van der Waals surface area contributed by atoms with Gasteiger partial charge >= 0.3 is 5.97 Å². The van der Waals surface area contributed by atoms with E-state index >= 15 is 0 Å². The highest BCUT2D eigenvalue weighted by Gasteiger charge is 2.13. The summed E-state index contributed by atoms with van der Waals surface area (Å²) in [6, 6.07) is 14.4. The summed E-state index contributed by atoms with van der Waals surface area (Å²) in [6.07, 6.45) is 1.25. The van der Waals surface area contributed by atoms with E-state index in [0.717, 1.165) is 5.56 Å². The number of methoxy groups -OCH3 is 1. The van der Waals surface area contributed by atoms with Crippen molar-refractivity contribution >= 4 is 5.97 Å². The van der Waals surface area contributed by atoms with Crippen molar-refractivity contribution in [1.29, 1.82) is 0 Å². The monoisotopic (exact) mass is 331 g/mol. The van der Waals surface area contributed by atoms with Gasteiger partial charge in [0, 0.05) is 24.6 Å². The van der Waals surface area contributed by atoms with Crippen LogP contribution in [-0.2, 0) is 17.8 Å². The van der Waals surface area contributed by atoms with E-state index in [-0.39, 0.29) is 18.3 Å². The number of carboxylic acids is 1. The number of carbonyl (C=O) groups is 1. The van der Waals surface area contributed by atoms with Crippen molar-refractivity contribution in [2.24, 2.45) is 0 Å². The van der Waals surface area contributed by atoms with Gasteiger partial charge in [-0.3, -0.25) is 4.79 Å². The molecule has 0 heterocycles. The first-order valence-corrected chi connectivity index (χ1v) is 7.90. The average molecular weight is 331 g/mol. The fourth-order valence-electron chi connectivity index (χ4n) is 2.54. The van der Waals surface area contributed by atoms with Gasteiger partial charge in [-0.25, -0.2) is 4.39 Å². The van der Waals surface area contributed by atoms with E-state index in [1.165, 1.54) is 13.2 Å². The molecule has 0 radical (unpaired) electrons. The Morgan fingerprint density at radius 1 is 1.25 bits per heavy atom. The van der Waals surface area contributed by atoms with Crippen LogP contribution in [0.1, 0.15) is 24.0 Å². The molecule has 0 spiro atoms. The van der Waals surface area contributed by atoms with Crippen LogP contribution >= 0.6 is 0 Å². The number of benzene rings is 2. The second-order valence-corrected chi connectivity index (χ2v) is 5.66. The molecule has 0 aromatic heterocycles. The van der Waals surface area contributed by atoms with Gasteiger partial charge in [-0.15, -0.1) is 0 Å². The van der Waals surface area contributed by atoms with E-state index in [4.69, 9.17) is 9.84 Å². The molecule has 0 saturated carbocycles. The van der Waals surface area contributed by atoms with Crippen molar-refractivity contribution in [2.75, 3.05) is 7.11 Å². The Morgan fingerprint density at radius 2 is 2.00 bits per heavy atom. The lowest BCUT2D eigenvalue weighted by molar-refractivity contribution is -0.137. The number of ether oxygens (including phenoxy) is 1. The van der Waals surface area contributed by atoms with E-state index in [1.807, 2.05) is 30.3 Å². The molecule has 2 aromatic rings. The predicted molar refractivity (Wildman–Crippen MR) is 90.6 cm³/mol. The minimum Gasteiger partial charge on any atom is -0.497 e. The Bertz CT molecular complexity index is 661. The van der Waals surface area contributed by atoms with Gasteiger partial charge in [0.15, 0.2) is 0 Å². The van der Waals surface area contributed by atoms with Gasteiger partial charge < -0.3 is 15.2 Å². The summed E-state index contributed by atoms with van der Waals surface area (Å²) in [5.74, 6) is -0.541. The molecule has 1 atom stereocenters. The predicted octanol–water partition coefficient (Wildman–Crippen LogP) is 3.40. The molecule has 4 nitrogen and oxygen atoms in total. The number of aliphatic carboxylic acids is 1. The highest BCUT2D eigenvalue weighted by Crippen LogP contribution is 2.17. The molecule has 0 aliphatic carbocycles. The van der Waals surface area contributed by atoms with Gasteiger partial charge in [-0.05, 0) is 36.6 Å². The number of nitrogens with one attached hydrogen (secondary N) is 1. The fourth-order valence-corrected chi connectivity index (χ4v) is 2.54.